The molecular formula is C35H39F4N5O6. The summed E-state index contributed by atoms with van der Waals surface area (Å²) in [6, 6.07) is 9.68. The van der Waals surface area contributed by atoms with E-state index in [-0.39, 0.29) is 36.5 Å². The van der Waals surface area contributed by atoms with Crippen molar-refractivity contribution in [2.75, 3.05) is 43.7 Å². The minimum absolute atomic E-state index is 0.00399. The van der Waals surface area contributed by atoms with Crippen LogP contribution in [0.5, 0.6) is 0 Å². The number of halogens is 4. The van der Waals surface area contributed by atoms with Crippen LogP contribution in [0.25, 0.3) is 16.6 Å². The van der Waals surface area contributed by atoms with E-state index in [0.29, 0.717) is 16.5 Å². The van der Waals surface area contributed by atoms with Crippen LogP contribution in [0.3, 0.4) is 0 Å². The number of carboxylic acids is 1. The third kappa shape index (κ3) is 7.67. The van der Waals surface area contributed by atoms with Gasteiger partial charge in [0.2, 0.25) is 0 Å². The van der Waals surface area contributed by atoms with E-state index in [9.17, 15) is 37.5 Å². The van der Waals surface area contributed by atoms with Crippen LogP contribution in [0.15, 0.2) is 64.2 Å². The Labute approximate surface area is 285 Å². The van der Waals surface area contributed by atoms with Gasteiger partial charge in [0.15, 0.2) is 0 Å². The summed E-state index contributed by atoms with van der Waals surface area (Å²) in [6.45, 7) is 4.58. The van der Waals surface area contributed by atoms with Gasteiger partial charge in [-0.15, -0.1) is 0 Å². The number of alkyl halides is 3. The Bertz CT molecular complexity index is 1980. The summed E-state index contributed by atoms with van der Waals surface area (Å²) in [6.07, 6.45) is -4.87. The maximum absolute atomic E-state index is 15.3. The number of carbonyl (C=O) groups excluding carboxylic acids is 1. The molecule has 15 heteroatoms. The van der Waals surface area contributed by atoms with Gasteiger partial charge < -0.3 is 25.0 Å². The number of morpholine rings is 1. The van der Waals surface area contributed by atoms with Crippen LogP contribution >= 0.6 is 0 Å². The number of aromatic nitrogens is 2. The SMILES string of the molecule is CC.Cc1cc(N2CCOC[C@@H]2C(F)(F)F)cc(F)c1C(=O)N[C@@H](Cc1ccc(-n2c(=O)c3cc(N(C)C)ccc3n(C)c2=O)cc1)C(=O)O. The highest BCUT2D eigenvalue weighted by Crippen LogP contribution is 2.33. The van der Waals surface area contributed by atoms with Crippen molar-refractivity contribution in [1.82, 2.24) is 14.5 Å². The van der Waals surface area contributed by atoms with Crippen LogP contribution in [0.1, 0.15) is 35.3 Å². The number of carbonyl (C=O) groups is 2. The Kier molecular flexibility index (Phi) is 11.4. The van der Waals surface area contributed by atoms with Crippen molar-refractivity contribution in [3.63, 3.8) is 0 Å². The molecular weight excluding hydrogens is 662 g/mol. The average molecular weight is 702 g/mol. The molecule has 1 fully saturated rings. The highest BCUT2D eigenvalue weighted by Gasteiger charge is 2.45. The predicted molar refractivity (Wildman–Crippen MR) is 182 cm³/mol. The third-order valence-electron chi connectivity index (χ3n) is 8.34. The average Bonchev–Trinajstić information content (AvgIpc) is 3.07. The normalized spacial score (nSPS) is 15.2. The molecule has 0 unspecified atom stereocenters. The van der Waals surface area contributed by atoms with E-state index in [1.807, 2.05) is 32.8 Å². The number of fused-ring (bicyclic) bond motifs is 1. The quantitative estimate of drug-likeness (QED) is 0.259. The Balaban J connectivity index is 0.00000276. The van der Waals surface area contributed by atoms with E-state index in [2.05, 4.69) is 5.32 Å². The summed E-state index contributed by atoms with van der Waals surface area (Å²) in [5.41, 5.74) is 0.195. The van der Waals surface area contributed by atoms with E-state index in [1.165, 1.54) is 41.8 Å². The first-order valence-corrected chi connectivity index (χ1v) is 15.9. The molecule has 3 aromatic carbocycles. The highest BCUT2D eigenvalue weighted by atomic mass is 19.4. The minimum Gasteiger partial charge on any atom is -0.480 e. The number of benzene rings is 3. The molecule has 2 atom stereocenters. The molecule has 1 aromatic heterocycles. The van der Waals surface area contributed by atoms with Gasteiger partial charge in [-0.3, -0.25) is 14.2 Å². The van der Waals surface area contributed by atoms with Gasteiger partial charge in [-0.25, -0.2) is 18.5 Å². The zero-order chi connectivity index (χ0) is 37.1. The Morgan fingerprint density at radius 1 is 1.04 bits per heavy atom. The lowest BCUT2D eigenvalue weighted by Crippen LogP contribution is -2.53. The van der Waals surface area contributed by atoms with Crippen LogP contribution in [0.4, 0.5) is 28.9 Å². The summed E-state index contributed by atoms with van der Waals surface area (Å²) < 4.78 is 63.3. The van der Waals surface area contributed by atoms with Gasteiger partial charge in [0.25, 0.3) is 11.5 Å². The molecule has 4 aromatic rings. The molecule has 5 rings (SSSR count). The van der Waals surface area contributed by atoms with Crippen molar-refractivity contribution in [3.05, 3.63) is 97.9 Å². The standard InChI is InChI=1S/C33H33F4N5O6.C2H6/c1-18-13-22(41-11-12-48-17-27(41)33(35,36)37)16-24(34)28(18)29(43)38-25(31(45)46)14-19-5-7-20(8-6-19)42-30(44)23-15-21(39(2)3)9-10-26(23)40(4)32(42)47;1-2/h5-10,13,15-16,25,27H,11-12,14,17H2,1-4H3,(H,38,43)(H,45,46);1-2H3/t25-,27+;/m0./s1. The predicted octanol–water partition coefficient (Wildman–Crippen LogP) is 4.42. The van der Waals surface area contributed by atoms with Crippen molar-refractivity contribution in [3.8, 4) is 5.69 Å². The van der Waals surface area contributed by atoms with Crippen molar-refractivity contribution in [1.29, 1.82) is 0 Å². The minimum atomic E-state index is -4.63. The fourth-order valence-corrected chi connectivity index (χ4v) is 5.76. The van der Waals surface area contributed by atoms with Crippen LogP contribution in [0, 0.1) is 12.7 Å². The Hall–Kier alpha value is -5.18. The number of amides is 1. The first kappa shape index (κ1) is 37.6. The molecule has 11 nitrogen and oxygen atoms in total. The molecule has 50 heavy (non-hydrogen) atoms. The van der Waals surface area contributed by atoms with E-state index in [4.69, 9.17) is 4.74 Å². The summed E-state index contributed by atoms with van der Waals surface area (Å²) in [4.78, 5) is 54.6. The lowest BCUT2D eigenvalue weighted by molar-refractivity contribution is -0.167. The molecule has 2 N–H and O–H groups in total. The van der Waals surface area contributed by atoms with Crippen LogP contribution in [-0.4, -0.2) is 78.2 Å². The first-order chi connectivity index (χ1) is 23.6. The summed E-state index contributed by atoms with van der Waals surface area (Å²) in [5.74, 6) is -3.58. The molecule has 268 valence electrons. The summed E-state index contributed by atoms with van der Waals surface area (Å²) in [7, 11) is 5.19. The topological polar surface area (TPSA) is 126 Å². The second-order valence-electron chi connectivity index (χ2n) is 11.8. The molecule has 1 aliphatic heterocycles. The zero-order valence-electron chi connectivity index (χ0n) is 28.5. The number of anilines is 2. The number of hydrogen-bond donors (Lipinski definition) is 2. The number of aliphatic carboxylic acids is 1. The number of carboxylic acid groups (broad SMARTS) is 1. The fraction of sp³-hybridized carbons (Fsp3) is 0.371. The molecule has 0 saturated carbocycles. The van der Waals surface area contributed by atoms with Gasteiger partial charge >= 0.3 is 17.8 Å². The second-order valence-corrected chi connectivity index (χ2v) is 11.8. The van der Waals surface area contributed by atoms with Gasteiger partial charge in [0, 0.05) is 45.5 Å². The number of ether oxygens (including phenoxy) is 1. The highest BCUT2D eigenvalue weighted by molar-refractivity contribution is 5.98. The number of rotatable bonds is 8. The van der Waals surface area contributed by atoms with E-state index >= 15 is 4.39 Å². The lowest BCUT2D eigenvalue weighted by Gasteiger charge is -2.38. The lowest BCUT2D eigenvalue weighted by atomic mass is 10.0. The van der Waals surface area contributed by atoms with Gasteiger partial charge in [-0.1, -0.05) is 26.0 Å². The van der Waals surface area contributed by atoms with Crippen molar-refractivity contribution >= 4 is 34.2 Å². The molecule has 0 aliphatic carbocycles. The van der Waals surface area contributed by atoms with Crippen LogP contribution < -0.4 is 26.4 Å². The largest absolute Gasteiger partial charge is 0.480 e. The van der Waals surface area contributed by atoms with Gasteiger partial charge in [-0.2, -0.15) is 13.2 Å². The second kappa shape index (κ2) is 15.2. The monoisotopic (exact) mass is 701 g/mol. The Morgan fingerprint density at radius 3 is 2.28 bits per heavy atom. The molecule has 1 saturated heterocycles. The molecule has 1 aliphatic rings. The number of nitrogens with one attached hydrogen (secondary N) is 1. The maximum atomic E-state index is 15.3. The summed E-state index contributed by atoms with van der Waals surface area (Å²) in [5, 5.41) is 12.5. The van der Waals surface area contributed by atoms with Gasteiger partial charge in [0.05, 0.1) is 35.4 Å². The number of hydrogen-bond acceptors (Lipinski definition) is 7. The molecule has 0 radical (unpaired) electrons. The van der Waals surface area contributed by atoms with Crippen molar-refractivity contribution in [2.24, 2.45) is 7.05 Å². The van der Waals surface area contributed by atoms with Gasteiger partial charge in [-0.05, 0) is 60.5 Å². The van der Waals surface area contributed by atoms with Crippen molar-refractivity contribution < 1.29 is 37.0 Å². The maximum Gasteiger partial charge on any atom is 0.411 e. The van der Waals surface area contributed by atoms with Crippen LogP contribution in [0.2, 0.25) is 0 Å². The molecule has 1 amide bonds. The van der Waals surface area contributed by atoms with E-state index < -0.39 is 59.4 Å². The van der Waals surface area contributed by atoms with E-state index in [0.717, 1.165) is 21.2 Å². The smallest absolute Gasteiger partial charge is 0.411 e. The fourth-order valence-electron chi connectivity index (χ4n) is 5.76. The van der Waals surface area contributed by atoms with Crippen molar-refractivity contribution in [2.45, 2.75) is 45.5 Å². The third-order valence-corrected chi connectivity index (χ3v) is 8.34. The van der Waals surface area contributed by atoms with Gasteiger partial charge in [0.1, 0.15) is 17.9 Å². The molecule has 0 spiro atoms. The van der Waals surface area contributed by atoms with E-state index in [1.54, 1.807) is 25.2 Å². The number of nitrogens with zero attached hydrogens (tertiary/aromatic N) is 4. The first-order valence-electron chi connectivity index (χ1n) is 15.9. The summed E-state index contributed by atoms with van der Waals surface area (Å²) >= 11 is 0. The molecule has 0 bridgehead atoms. The zero-order valence-corrected chi connectivity index (χ0v) is 28.5. The molecule has 2 heterocycles. The number of aryl methyl sites for hydroxylation is 2. The Morgan fingerprint density at radius 2 is 1.70 bits per heavy atom. The van der Waals surface area contributed by atoms with Crippen LogP contribution in [-0.2, 0) is 23.0 Å².